The van der Waals surface area contributed by atoms with E-state index in [9.17, 15) is 18.8 Å². The molecule has 3 rings (SSSR count). The molecule has 4 amide bonds. The number of hydrogen-bond donors (Lipinski definition) is 2. The average molecular weight is 529 g/mol. The highest BCUT2D eigenvalue weighted by Gasteiger charge is 2.31. The maximum Gasteiger partial charge on any atom is 0.319 e. The first-order valence-corrected chi connectivity index (χ1v) is 12.8. The second-order valence-corrected chi connectivity index (χ2v) is 9.63. The largest absolute Gasteiger partial charge is 0.491 e. The lowest BCUT2D eigenvalue weighted by molar-refractivity contribution is 0.0110. The molecule has 1 heterocycles. The Morgan fingerprint density at radius 2 is 1.89 bits per heavy atom. The van der Waals surface area contributed by atoms with E-state index < -0.39 is 17.8 Å². The van der Waals surface area contributed by atoms with E-state index in [0.717, 1.165) is 6.42 Å². The number of hydrogen-bond acceptors (Lipinski definition) is 5. The highest BCUT2D eigenvalue weighted by atomic mass is 19.1. The third-order valence-corrected chi connectivity index (χ3v) is 6.61. The number of carbonyl (C=O) groups is 3. The van der Waals surface area contributed by atoms with Crippen molar-refractivity contribution in [2.75, 3.05) is 45.7 Å². The lowest BCUT2D eigenvalue weighted by Gasteiger charge is -2.36. The molecule has 1 aliphatic rings. The smallest absolute Gasteiger partial charge is 0.319 e. The number of rotatable bonds is 5. The Morgan fingerprint density at radius 3 is 2.58 bits per heavy atom. The summed E-state index contributed by atoms with van der Waals surface area (Å²) in [4.78, 5) is 42.1. The van der Waals surface area contributed by atoms with E-state index in [1.165, 1.54) is 18.2 Å². The normalized spacial score (nSPS) is 20.5. The van der Waals surface area contributed by atoms with Gasteiger partial charge in [0.05, 0.1) is 23.3 Å². The van der Waals surface area contributed by atoms with Gasteiger partial charge in [-0.3, -0.25) is 9.59 Å². The molecule has 2 aromatic carbocycles. The van der Waals surface area contributed by atoms with Crippen LogP contribution in [0, 0.1) is 11.7 Å². The van der Waals surface area contributed by atoms with Crippen LogP contribution in [-0.4, -0.2) is 80.2 Å². The molecule has 0 unspecified atom stereocenters. The van der Waals surface area contributed by atoms with Crippen LogP contribution in [0.15, 0.2) is 42.5 Å². The van der Waals surface area contributed by atoms with Gasteiger partial charge in [-0.1, -0.05) is 26.0 Å². The molecule has 0 aromatic heterocycles. The van der Waals surface area contributed by atoms with Crippen molar-refractivity contribution in [1.82, 2.24) is 15.1 Å². The topological polar surface area (TPSA) is 100 Å². The average Bonchev–Trinajstić information content (AvgIpc) is 2.91. The molecule has 9 nitrogen and oxygen atoms in total. The summed E-state index contributed by atoms with van der Waals surface area (Å²) in [6.45, 7) is 6.80. The van der Waals surface area contributed by atoms with Crippen LogP contribution in [0.5, 0.6) is 5.75 Å². The second kappa shape index (κ2) is 13.2. The number of nitrogens with one attached hydrogen (secondary N) is 2. The molecule has 2 aromatic rings. The fourth-order valence-electron chi connectivity index (χ4n) is 4.34. The van der Waals surface area contributed by atoms with Gasteiger partial charge in [0.2, 0.25) is 0 Å². The monoisotopic (exact) mass is 528 g/mol. The molecule has 3 atom stereocenters. The minimum Gasteiger partial charge on any atom is -0.491 e. The predicted molar refractivity (Wildman–Crippen MR) is 143 cm³/mol. The molecule has 0 bridgehead atoms. The van der Waals surface area contributed by atoms with Gasteiger partial charge in [-0.15, -0.1) is 0 Å². The third-order valence-electron chi connectivity index (χ3n) is 6.61. The van der Waals surface area contributed by atoms with Crippen LogP contribution in [0.1, 0.15) is 47.9 Å². The van der Waals surface area contributed by atoms with Gasteiger partial charge in [0.1, 0.15) is 18.2 Å². The number of methoxy groups -OCH3 is 1. The van der Waals surface area contributed by atoms with E-state index in [0.29, 0.717) is 17.8 Å². The molecule has 0 fully saturated rings. The molecule has 2 N–H and O–H groups in total. The standard InChI is InChI=1S/C28H37FN4O5/c1-6-13-30-28(36)31-20-11-12-22-24(14-20)38-17-19(3)33(27(35)21-9-7-8-10-23(21)29)15-18(2)25(37-5)16-32(4)26(22)34/h7-12,14,18-19,25H,6,13,15-17H2,1-5H3,(H2,30,31,36)/t18-,19-,25+/m1/s1. The summed E-state index contributed by atoms with van der Waals surface area (Å²) in [5.41, 5.74) is 0.745. The van der Waals surface area contributed by atoms with Crippen molar-refractivity contribution in [2.45, 2.75) is 39.3 Å². The van der Waals surface area contributed by atoms with Crippen molar-refractivity contribution in [1.29, 1.82) is 0 Å². The zero-order chi connectivity index (χ0) is 27.8. The van der Waals surface area contributed by atoms with Gasteiger partial charge >= 0.3 is 6.03 Å². The van der Waals surface area contributed by atoms with Crippen molar-refractivity contribution in [3.8, 4) is 5.75 Å². The SMILES string of the molecule is CCCNC(=O)Nc1ccc2c(c1)OC[C@@H](C)N(C(=O)c1ccccc1F)C[C@@H](C)[C@@H](OC)CN(C)C2=O. The van der Waals surface area contributed by atoms with Crippen LogP contribution in [0.2, 0.25) is 0 Å². The summed E-state index contributed by atoms with van der Waals surface area (Å²) >= 11 is 0. The maximum absolute atomic E-state index is 14.5. The van der Waals surface area contributed by atoms with Crippen molar-refractivity contribution in [3.63, 3.8) is 0 Å². The van der Waals surface area contributed by atoms with Gasteiger partial charge < -0.3 is 29.9 Å². The highest BCUT2D eigenvalue weighted by molar-refractivity contribution is 5.98. The van der Waals surface area contributed by atoms with Gasteiger partial charge in [-0.05, 0) is 37.6 Å². The number of nitrogens with zero attached hydrogens (tertiary/aromatic N) is 2. The number of ether oxygens (including phenoxy) is 2. The minimum atomic E-state index is -0.597. The van der Waals surface area contributed by atoms with E-state index in [4.69, 9.17) is 9.47 Å². The summed E-state index contributed by atoms with van der Waals surface area (Å²) in [7, 11) is 3.24. The first-order valence-electron chi connectivity index (χ1n) is 12.8. The molecule has 38 heavy (non-hydrogen) atoms. The molecule has 0 spiro atoms. The molecular formula is C28H37FN4O5. The van der Waals surface area contributed by atoms with E-state index in [1.54, 1.807) is 48.2 Å². The van der Waals surface area contributed by atoms with E-state index in [2.05, 4.69) is 10.6 Å². The Hall–Kier alpha value is -3.66. The van der Waals surface area contributed by atoms with Crippen molar-refractivity contribution < 1.29 is 28.2 Å². The summed E-state index contributed by atoms with van der Waals surface area (Å²) < 4.78 is 26.3. The number of halogens is 1. The van der Waals surface area contributed by atoms with Crippen LogP contribution in [0.25, 0.3) is 0 Å². The fraction of sp³-hybridized carbons (Fsp3) is 0.464. The first-order chi connectivity index (χ1) is 18.2. The summed E-state index contributed by atoms with van der Waals surface area (Å²) in [5, 5.41) is 5.48. The number of urea groups is 1. The summed E-state index contributed by atoms with van der Waals surface area (Å²) in [6, 6.07) is 9.88. The van der Waals surface area contributed by atoms with Crippen LogP contribution in [-0.2, 0) is 4.74 Å². The Balaban J connectivity index is 1.97. The zero-order valence-corrected chi connectivity index (χ0v) is 22.6. The predicted octanol–water partition coefficient (Wildman–Crippen LogP) is 4.00. The third kappa shape index (κ3) is 7.00. The molecule has 0 saturated carbocycles. The molecular weight excluding hydrogens is 491 g/mol. The Labute approximate surface area is 223 Å². The summed E-state index contributed by atoms with van der Waals surface area (Å²) in [5.74, 6) is -1.21. The lowest BCUT2D eigenvalue weighted by Crippen LogP contribution is -2.48. The van der Waals surface area contributed by atoms with Gasteiger partial charge in [0, 0.05) is 51.5 Å². The number of amides is 4. The van der Waals surface area contributed by atoms with Gasteiger partial charge in [0.25, 0.3) is 11.8 Å². The van der Waals surface area contributed by atoms with Crippen molar-refractivity contribution in [3.05, 3.63) is 59.4 Å². The van der Waals surface area contributed by atoms with Crippen LogP contribution < -0.4 is 15.4 Å². The van der Waals surface area contributed by atoms with Crippen LogP contribution >= 0.6 is 0 Å². The Bertz CT molecular complexity index is 1140. The van der Waals surface area contributed by atoms with Crippen LogP contribution in [0.4, 0.5) is 14.9 Å². The molecule has 0 radical (unpaired) electrons. The molecule has 0 saturated heterocycles. The number of anilines is 1. The van der Waals surface area contributed by atoms with Crippen molar-refractivity contribution in [2.24, 2.45) is 5.92 Å². The van der Waals surface area contributed by atoms with Gasteiger partial charge in [-0.25, -0.2) is 9.18 Å². The molecule has 10 heteroatoms. The number of benzene rings is 2. The van der Waals surface area contributed by atoms with E-state index in [-0.39, 0.29) is 55.0 Å². The molecule has 1 aliphatic heterocycles. The molecule has 0 aliphatic carbocycles. The first kappa shape index (κ1) is 28.9. The maximum atomic E-state index is 14.5. The second-order valence-electron chi connectivity index (χ2n) is 9.63. The van der Waals surface area contributed by atoms with Gasteiger partial charge in [0.15, 0.2) is 0 Å². The van der Waals surface area contributed by atoms with Crippen molar-refractivity contribution >= 4 is 23.5 Å². The lowest BCUT2D eigenvalue weighted by atomic mass is 10.0. The number of fused-ring (bicyclic) bond motifs is 1. The number of likely N-dealkylation sites (N-methyl/N-ethyl adjacent to an activating group) is 1. The van der Waals surface area contributed by atoms with Crippen LogP contribution in [0.3, 0.4) is 0 Å². The Kier molecular flexibility index (Phi) is 10.1. The highest BCUT2D eigenvalue weighted by Crippen LogP contribution is 2.27. The minimum absolute atomic E-state index is 0.0233. The number of carbonyl (C=O) groups excluding carboxylic acids is 3. The van der Waals surface area contributed by atoms with Gasteiger partial charge in [-0.2, -0.15) is 0 Å². The van der Waals surface area contributed by atoms with E-state index >= 15 is 0 Å². The summed E-state index contributed by atoms with van der Waals surface area (Å²) in [6.07, 6.45) is 0.418. The molecule has 206 valence electrons. The quantitative estimate of drug-likeness (QED) is 0.611. The fourth-order valence-corrected chi connectivity index (χ4v) is 4.34. The zero-order valence-electron chi connectivity index (χ0n) is 22.6. The van der Waals surface area contributed by atoms with E-state index in [1.807, 2.05) is 20.8 Å². The Morgan fingerprint density at radius 1 is 1.16 bits per heavy atom.